The number of amides is 1. The standard InChI is InChI=1S/C20H25NO3/c1-15-19(11-14-24-15)20(22)21-12-9-17(10-13-21)4-3-16-5-7-18(23-2)8-6-16/h5-8,11,14,17H,3-4,9-10,12-13H2,1-2H3. The van der Waals surface area contributed by atoms with Gasteiger partial charge in [0.2, 0.25) is 0 Å². The average Bonchev–Trinajstić information content (AvgIpc) is 3.06. The number of methoxy groups -OCH3 is 1. The Kier molecular flexibility index (Phi) is 5.24. The maximum atomic E-state index is 12.5. The van der Waals surface area contributed by atoms with Crippen molar-refractivity contribution in [1.82, 2.24) is 4.90 Å². The van der Waals surface area contributed by atoms with Gasteiger partial charge in [0, 0.05) is 13.1 Å². The highest BCUT2D eigenvalue weighted by atomic mass is 16.5. The van der Waals surface area contributed by atoms with E-state index in [1.54, 1.807) is 19.4 Å². The van der Waals surface area contributed by atoms with Gasteiger partial charge in [-0.15, -0.1) is 0 Å². The fraction of sp³-hybridized carbons (Fsp3) is 0.450. The molecule has 24 heavy (non-hydrogen) atoms. The van der Waals surface area contributed by atoms with Crippen molar-refractivity contribution in [3.8, 4) is 5.75 Å². The Hall–Kier alpha value is -2.23. The van der Waals surface area contributed by atoms with Gasteiger partial charge in [-0.05, 0) is 62.3 Å². The van der Waals surface area contributed by atoms with Crippen molar-refractivity contribution in [3.63, 3.8) is 0 Å². The second-order valence-electron chi connectivity index (χ2n) is 6.51. The molecule has 4 heteroatoms. The number of furan rings is 1. The highest BCUT2D eigenvalue weighted by Crippen LogP contribution is 2.25. The second kappa shape index (κ2) is 7.56. The number of nitrogens with zero attached hydrogens (tertiary/aromatic N) is 1. The van der Waals surface area contributed by atoms with Gasteiger partial charge < -0.3 is 14.1 Å². The Morgan fingerprint density at radius 2 is 1.92 bits per heavy atom. The predicted octanol–water partition coefficient (Wildman–Crippen LogP) is 4.08. The van der Waals surface area contributed by atoms with Gasteiger partial charge in [0.1, 0.15) is 11.5 Å². The van der Waals surface area contributed by atoms with Gasteiger partial charge in [0.15, 0.2) is 0 Å². The number of carbonyl (C=O) groups is 1. The first-order chi connectivity index (χ1) is 11.7. The van der Waals surface area contributed by atoms with Crippen LogP contribution in [0, 0.1) is 12.8 Å². The van der Waals surface area contributed by atoms with E-state index < -0.39 is 0 Å². The lowest BCUT2D eigenvalue weighted by Crippen LogP contribution is -2.38. The van der Waals surface area contributed by atoms with Crippen LogP contribution in [0.4, 0.5) is 0 Å². The van der Waals surface area contributed by atoms with E-state index in [4.69, 9.17) is 9.15 Å². The summed E-state index contributed by atoms with van der Waals surface area (Å²) in [5, 5.41) is 0. The first kappa shape index (κ1) is 16.6. The molecule has 1 amide bonds. The molecule has 1 aliphatic heterocycles. The summed E-state index contributed by atoms with van der Waals surface area (Å²) < 4.78 is 10.4. The van der Waals surface area contributed by atoms with Crippen molar-refractivity contribution in [2.24, 2.45) is 5.92 Å². The summed E-state index contributed by atoms with van der Waals surface area (Å²) >= 11 is 0. The summed E-state index contributed by atoms with van der Waals surface area (Å²) in [6, 6.07) is 10.1. The fourth-order valence-electron chi connectivity index (χ4n) is 3.36. The van der Waals surface area contributed by atoms with Crippen molar-refractivity contribution in [3.05, 3.63) is 53.5 Å². The topological polar surface area (TPSA) is 42.7 Å². The van der Waals surface area contributed by atoms with Crippen LogP contribution in [0.3, 0.4) is 0 Å². The van der Waals surface area contributed by atoms with Gasteiger partial charge in [0.25, 0.3) is 5.91 Å². The largest absolute Gasteiger partial charge is 0.497 e. The third-order valence-corrected chi connectivity index (χ3v) is 4.99. The van der Waals surface area contributed by atoms with Crippen LogP contribution in [0.5, 0.6) is 5.75 Å². The third kappa shape index (κ3) is 3.81. The van der Waals surface area contributed by atoms with Gasteiger partial charge in [-0.2, -0.15) is 0 Å². The van der Waals surface area contributed by atoms with E-state index in [-0.39, 0.29) is 5.91 Å². The molecule has 1 saturated heterocycles. The van der Waals surface area contributed by atoms with Crippen LogP contribution in [0.25, 0.3) is 0 Å². The third-order valence-electron chi connectivity index (χ3n) is 4.99. The van der Waals surface area contributed by atoms with Gasteiger partial charge in [-0.1, -0.05) is 12.1 Å². The molecule has 0 spiro atoms. The normalized spacial score (nSPS) is 15.5. The number of rotatable bonds is 5. The summed E-state index contributed by atoms with van der Waals surface area (Å²) in [6.07, 6.45) is 6.02. The first-order valence-corrected chi connectivity index (χ1v) is 8.63. The summed E-state index contributed by atoms with van der Waals surface area (Å²) in [4.78, 5) is 14.4. The van der Waals surface area contributed by atoms with Crippen LogP contribution in [-0.4, -0.2) is 31.0 Å². The maximum absolute atomic E-state index is 12.5. The first-order valence-electron chi connectivity index (χ1n) is 8.63. The maximum Gasteiger partial charge on any atom is 0.257 e. The molecule has 4 nitrogen and oxygen atoms in total. The highest BCUT2D eigenvalue weighted by molar-refractivity contribution is 5.95. The molecule has 3 rings (SSSR count). The Morgan fingerprint density at radius 3 is 2.50 bits per heavy atom. The molecular formula is C20H25NO3. The van der Waals surface area contributed by atoms with Gasteiger partial charge in [-0.3, -0.25) is 4.79 Å². The van der Waals surface area contributed by atoms with Crippen molar-refractivity contribution in [2.75, 3.05) is 20.2 Å². The number of hydrogen-bond acceptors (Lipinski definition) is 3. The Morgan fingerprint density at radius 1 is 1.21 bits per heavy atom. The average molecular weight is 327 g/mol. The van der Waals surface area contributed by atoms with Crippen LogP contribution in [0.15, 0.2) is 41.0 Å². The van der Waals surface area contributed by atoms with Crippen LogP contribution in [-0.2, 0) is 6.42 Å². The Bertz CT molecular complexity index is 666. The van der Waals surface area contributed by atoms with Crippen LogP contribution in [0.2, 0.25) is 0 Å². The molecule has 2 aromatic rings. The molecule has 128 valence electrons. The smallest absolute Gasteiger partial charge is 0.257 e. The molecule has 0 N–H and O–H groups in total. The molecule has 2 heterocycles. The Balaban J connectivity index is 1.46. The second-order valence-corrected chi connectivity index (χ2v) is 6.51. The Labute approximate surface area is 143 Å². The van der Waals surface area contributed by atoms with E-state index in [1.165, 1.54) is 12.0 Å². The van der Waals surface area contributed by atoms with Crippen LogP contribution in [0.1, 0.15) is 40.9 Å². The number of aryl methyl sites for hydroxylation is 2. The fourth-order valence-corrected chi connectivity index (χ4v) is 3.36. The van der Waals surface area contributed by atoms with Crippen molar-refractivity contribution >= 4 is 5.91 Å². The van der Waals surface area contributed by atoms with E-state index in [9.17, 15) is 4.79 Å². The number of benzene rings is 1. The summed E-state index contributed by atoms with van der Waals surface area (Å²) in [5.74, 6) is 2.41. The minimum Gasteiger partial charge on any atom is -0.497 e. The molecule has 0 unspecified atom stereocenters. The van der Waals surface area contributed by atoms with E-state index in [0.29, 0.717) is 17.2 Å². The van der Waals surface area contributed by atoms with E-state index in [1.807, 2.05) is 24.0 Å². The summed E-state index contributed by atoms with van der Waals surface area (Å²) in [7, 11) is 1.69. The molecule has 1 fully saturated rings. The monoisotopic (exact) mass is 327 g/mol. The lowest BCUT2D eigenvalue weighted by Gasteiger charge is -2.32. The van der Waals surface area contributed by atoms with E-state index >= 15 is 0 Å². The van der Waals surface area contributed by atoms with Crippen molar-refractivity contribution in [2.45, 2.75) is 32.6 Å². The molecule has 1 aromatic carbocycles. The number of likely N-dealkylation sites (tertiary alicyclic amines) is 1. The van der Waals surface area contributed by atoms with E-state index in [0.717, 1.165) is 38.1 Å². The highest BCUT2D eigenvalue weighted by Gasteiger charge is 2.25. The quantitative estimate of drug-likeness (QED) is 0.831. The molecule has 1 aromatic heterocycles. The number of hydrogen-bond donors (Lipinski definition) is 0. The molecule has 0 bridgehead atoms. The molecule has 0 saturated carbocycles. The van der Waals surface area contributed by atoms with Crippen LogP contribution >= 0.6 is 0 Å². The zero-order valence-corrected chi connectivity index (χ0v) is 14.5. The van der Waals surface area contributed by atoms with Gasteiger partial charge in [0.05, 0.1) is 18.9 Å². The SMILES string of the molecule is COc1ccc(CCC2CCN(C(=O)c3ccoc3C)CC2)cc1. The molecular weight excluding hydrogens is 302 g/mol. The summed E-state index contributed by atoms with van der Waals surface area (Å²) in [5.41, 5.74) is 2.05. The van der Waals surface area contributed by atoms with Gasteiger partial charge >= 0.3 is 0 Å². The van der Waals surface area contributed by atoms with Crippen molar-refractivity contribution in [1.29, 1.82) is 0 Å². The minimum absolute atomic E-state index is 0.106. The lowest BCUT2D eigenvalue weighted by atomic mass is 9.90. The number of carbonyl (C=O) groups excluding carboxylic acids is 1. The zero-order chi connectivity index (χ0) is 16.9. The lowest BCUT2D eigenvalue weighted by molar-refractivity contribution is 0.0685. The number of ether oxygens (including phenoxy) is 1. The molecule has 1 aliphatic rings. The van der Waals surface area contributed by atoms with Crippen molar-refractivity contribution < 1.29 is 13.9 Å². The molecule has 0 aliphatic carbocycles. The molecule has 0 atom stereocenters. The zero-order valence-electron chi connectivity index (χ0n) is 14.5. The van der Waals surface area contributed by atoms with E-state index in [2.05, 4.69) is 12.1 Å². The van der Waals surface area contributed by atoms with Crippen LogP contribution < -0.4 is 4.74 Å². The minimum atomic E-state index is 0.106. The predicted molar refractivity (Wildman–Crippen MR) is 93.4 cm³/mol. The summed E-state index contributed by atoms with van der Waals surface area (Å²) in [6.45, 7) is 3.53. The number of piperidine rings is 1. The van der Waals surface area contributed by atoms with Gasteiger partial charge in [-0.25, -0.2) is 0 Å². The molecule has 0 radical (unpaired) electrons.